The number of sulfone groups is 1. The minimum atomic E-state index is -4.23. The SMILES string of the molecule is COc1ccc(N2C(=O)CS(=O)(=O)[C@@]23C(=O)N(Cc2ccccc2Cl)c2ccccc23)cc1. The van der Waals surface area contributed by atoms with Crippen molar-refractivity contribution in [3.63, 3.8) is 0 Å². The van der Waals surface area contributed by atoms with E-state index >= 15 is 0 Å². The smallest absolute Gasteiger partial charge is 0.274 e. The van der Waals surface area contributed by atoms with Crippen LogP contribution < -0.4 is 14.5 Å². The van der Waals surface area contributed by atoms with Crippen molar-refractivity contribution in [2.75, 3.05) is 22.7 Å². The fourth-order valence-corrected chi connectivity index (χ4v) is 6.80. The van der Waals surface area contributed by atoms with Crippen LogP contribution in [0, 0.1) is 0 Å². The monoisotopic (exact) mass is 482 g/mol. The van der Waals surface area contributed by atoms with Crippen LogP contribution in [0.3, 0.4) is 0 Å². The number of para-hydroxylation sites is 1. The molecule has 1 spiro atoms. The van der Waals surface area contributed by atoms with Gasteiger partial charge in [0, 0.05) is 16.3 Å². The number of amides is 2. The molecule has 33 heavy (non-hydrogen) atoms. The Morgan fingerprint density at radius 2 is 1.64 bits per heavy atom. The van der Waals surface area contributed by atoms with Crippen LogP contribution in [0.2, 0.25) is 5.02 Å². The van der Waals surface area contributed by atoms with E-state index in [-0.39, 0.29) is 12.1 Å². The van der Waals surface area contributed by atoms with Crippen LogP contribution in [0.4, 0.5) is 11.4 Å². The fourth-order valence-electron chi connectivity index (χ4n) is 4.58. The Kier molecular flexibility index (Phi) is 4.95. The second-order valence-corrected chi connectivity index (χ2v) is 10.3. The summed E-state index contributed by atoms with van der Waals surface area (Å²) >= 11 is 6.33. The standard InChI is InChI=1S/C24H19ClN2O5S/c1-32-18-12-10-17(11-13-18)27-22(28)15-33(30,31)24(27)19-7-3-5-9-21(19)26(23(24)29)14-16-6-2-4-8-20(16)25/h2-13H,14-15H2,1H3/t24-/m0/s1. The lowest BCUT2D eigenvalue weighted by Crippen LogP contribution is -2.54. The molecule has 1 atom stereocenters. The molecule has 2 heterocycles. The van der Waals surface area contributed by atoms with Gasteiger partial charge in [0.15, 0.2) is 9.84 Å². The molecule has 9 heteroatoms. The molecule has 0 unspecified atom stereocenters. The maximum Gasteiger partial charge on any atom is 0.274 e. The number of fused-ring (bicyclic) bond motifs is 2. The van der Waals surface area contributed by atoms with Gasteiger partial charge in [0.2, 0.25) is 5.91 Å². The van der Waals surface area contributed by atoms with Crippen LogP contribution in [-0.2, 0) is 30.8 Å². The summed E-state index contributed by atoms with van der Waals surface area (Å²) in [5, 5.41) is 0.459. The summed E-state index contributed by atoms with van der Waals surface area (Å²) in [5.41, 5.74) is 1.64. The summed E-state index contributed by atoms with van der Waals surface area (Å²) in [5.74, 6) is -1.59. The van der Waals surface area contributed by atoms with Gasteiger partial charge in [-0.3, -0.25) is 14.5 Å². The number of hydrogen-bond donors (Lipinski definition) is 0. The fraction of sp³-hybridized carbons (Fsp3) is 0.167. The van der Waals surface area contributed by atoms with Gasteiger partial charge in [0.1, 0.15) is 11.5 Å². The Morgan fingerprint density at radius 1 is 0.970 bits per heavy atom. The molecule has 2 aliphatic heterocycles. The molecular weight excluding hydrogens is 464 g/mol. The van der Waals surface area contributed by atoms with Crippen molar-refractivity contribution in [1.82, 2.24) is 0 Å². The number of ether oxygens (including phenoxy) is 1. The first-order valence-electron chi connectivity index (χ1n) is 10.2. The van der Waals surface area contributed by atoms with Gasteiger partial charge in [-0.05, 0) is 42.0 Å². The van der Waals surface area contributed by atoms with Gasteiger partial charge in [-0.15, -0.1) is 0 Å². The summed E-state index contributed by atoms with van der Waals surface area (Å²) in [7, 11) is -2.72. The van der Waals surface area contributed by atoms with Crippen molar-refractivity contribution < 1.29 is 22.7 Å². The third-order valence-electron chi connectivity index (χ3n) is 6.04. The first-order valence-corrected chi connectivity index (χ1v) is 12.2. The van der Waals surface area contributed by atoms with E-state index in [0.717, 1.165) is 4.90 Å². The van der Waals surface area contributed by atoms with Gasteiger partial charge in [0.25, 0.3) is 10.8 Å². The molecule has 1 saturated heterocycles. The van der Waals surface area contributed by atoms with Gasteiger partial charge in [-0.2, -0.15) is 0 Å². The molecule has 2 aliphatic rings. The number of methoxy groups -OCH3 is 1. The van der Waals surface area contributed by atoms with E-state index in [0.29, 0.717) is 27.7 Å². The van der Waals surface area contributed by atoms with Gasteiger partial charge >= 0.3 is 0 Å². The summed E-state index contributed by atoms with van der Waals surface area (Å²) in [6.07, 6.45) is 0. The predicted octanol–water partition coefficient (Wildman–Crippen LogP) is 3.51. The molecule has 7 nitrogen and oxygen atoms in total. The lowest BCUT2D eigenvalue weighted by Gasteiger charge is -2.32. The Bertz CT molecular complexity index is 1390. The summed E-state index contributed by atoms with van der Waals surface area (Å²) in [6.45, 7) is 0.0669. The minimum Gasteiger partial charge on any atom is -0.497 e. The molecule has 2 amide bonds. The number of benzene rings is 3. The third-order valence-corrected chi connectivity index (χ3v) is 8.51. The predicted molar refractivity (Wildman–Crippen MR) is 125 cm³/mol. The largest absolute Gasteiger partial charge is 0.497 e. The number of carbonyl (C=O) groups excluding carboxylic acids is 2. The van der Waals surface area contributed by atoms with E-state index in [1.807, 2.05) is 0 Å². The number of rotatable bonds is 4. The Labute approximate surface area is 196 Å². The molecule has 168 valence electrons. The van der Waals surface area contributed by atoms with Gasteiger partial charge in [-0.1, -0.05) is 48.0 Å². The lowest BCUT2D eigenvalue weighted by molar-refractivity contribution is -0.123. The highest BCUT2D eigenvalue weighted by molar-refractivity contribution is 7.94. The zero-order valence-corrected chi connectivity index (χ0v) is 19.1. The molecule has 5 rings (SSSR count). The number of nitrogens with zero attached hydrogens (tertiary/aromatic N) is 2. The lowest BCUT2D eigenvalue weighted by atomic mass is 10.0. The van der Waals surface area contributed by atoms with E-state index in [1.165, 1.54) is 12.0 Å². The normalized spacial score (nSPS) is 21.0. The van der Waals surface area contributed by atoms with Crippen LogP contribution in [0.25, 0.3) is 0 Å². The highest BCUT2D eigenvalue weighted by Gasteiger charge is 2.69. The molecule has 0 aliphatic carbocycles. The average molecular weight is 483 g/mol. The van der Waals surface area contributed by atoms with Crippen LogP contribution in [0.5, 0.6) is 5.75 Å². The highest BCUT2D eigenvalue weighted by Crippen LogP contribution is 2.53. The number of anilines is 2. The topological polar surface area (TPSA) is 84.0 Å². The van der Waals surface area contributed by atoms with E-state index in [2.05, 4.69) is 0 Å². The first kappa shape index (κ1) is 21.5. The maximum atomic E-state index is 14.1. The van der Waals surface area contributed by atoms with Crippen molar-refractivity contribution in [2.45, 2.75) is 11.4 Å². The van der Waals surface area contributed by atoms with Crippen LogP contribution in [0.1, 0.15) is 11.1 Å². The van der Waals surface area contributed by atoms with E-state index < -0.39 is 32.3 Å². The van der Waals surface area contributed by atoms with Crippen LogP contribution >= 0.6 is 11.6 Å². The van der Waals surface area contributed by atoms with Crippen molar-refractivity contribution in [3.05, 3.63) is 88.9 Å². The Balaban J connectivity index is 1.72. The summed E-state index contributed by atoms with van der Waals surface area (Å²) in [6, 6.07) is 20.1. The minimum absolute atomic E-state index is 0.0669. The number of carbonyl (C=O) groups is 2. The summed E-state index contributed by atoms with van der Waals surface area (Å²) in [4.78, 5) is 27.5. The molecule has 0 bridgehead atoms. The number of halogens is 1. The Morgan fingerprint density at radius 3 is 2.33 bits per heavy atom. The van der Waals surface area contributed by atoms with Gasteiger partial charge in [-0.25, -0.2) is 8.42 Å². The number of hydrogen-bond acceptors (Lipinski definition) is 5. The molecule has 1 fully saturated rings. The van der Waals surface area contributed by atoms with Crippen LogP contribution in [-0.4, -0.2) is 33.1 Å². The van der Waals surface area contributed by atoms with Crippen molar-refractivity contribution in [3.8, 4) is 5.75 Å². The average Bonchev–Trinajstić information content (AvgIpc) is 3.18. The zero-order chi connectivity index (χ0) is 23.4. The zero-order valence-electron chi connectivity index (χ0n) is 17.6. The second kappa shape index (κ2) is 7.60. The Hall–Kier alpha value is -3.36. The quantitative estimate of drug-likeness (QED) is 0.568. The maximum absolute atomic E-state index is 14.1. The molecular formula is C24H19ClN2O5S. The molecule has 0 saturated carbocycles. The third kappa shape index (κ3) is 2.98. The molecule has 3 aromatic rings. The van der Waals surface area contributed by atoms with Crippen molar-refractivity contribution in [2.24, 2.45) is 0 Å². The van der Waals surface area contributed by atoms with Crippen LogP contribution in [0.15, 0.2) is 72.8 Å². The summed E-state index contributed by atoms with van der Waals surface area (Å²) < 4.78 is 32.3. The van der Waals surface area contributed by atoms with E-state index in [1.54, 1.807) is 72.8 Å². The highest BCUT2D eigenvalue weighted by atomic mass is 35.5. The first-order chi connectivity index (χ1) is 15.8. The molecule has 0 N–H and O–H groups in total. The van der Waals surface area contributed by atoms with E-state index in [9.17, 15) is 18.0 Å². The van der Waals surface area contributed by atoms with Crippen molar-refractivity contribution in [1.29, 1.82) is 0 Å². The van der Waals surface area contributed by atoms with Gasteiger partial charge in [0.05, 0.1) is 19.3 Å². The van der Waals surface area contributed by atoms with E-state index in [4.69, 9.17) is 16.3 Å². The molecule has 0 radical (unpaired) electrons. The molecule has 0 aromatic heterocycles. The molecule has 3 aromatic carbocycles. The van der Waals surface area contributed by atoms with Crippen molar-refractivity contribution >= 4 is 44.6 Å². The second-order valence-electron chi connectivity index (χ2n) is 7.83. The van der Waals surface area contributed by atoms with Gasteiger partial charge < -0.3 is 9.64 Å².